The van der Waals surface area contributed by atoms with E-state index in [0.29, 0.717) is 12.6 Å². The number of para-hydroxylation sites is 1. The van der Waals surface area contributed by atoms with E-state index in [4.69, 9.17) is 0 Å². The summed E-state index contributed by atoms with van der Waals surface area (Å²) in [5, 5.41) is 6.37. The highest BCUT2D eigenvalue weighted by Gasteiger charge is 2.41. The molecule has 0 atom stereocenters. The van der Waals surface area contributed by atoms with Crippen molar-refractivity contribution in [1.29, 1.82) is 0 Å². The normalized spacial score (nSPS) is 18.9. The largest absolute Gasteiger partial charge is 0.325 e. The molecule has 0 saturated heterocycles. The Balaban J connectivity index is 1.46. The number of nitrogens with one attached hydrogen (secondary N) is 2. The Hall–Kier alpha value is -1.35. The molecule has 2 N–H and O–H groups in total. The summed E-state index contributed by atoms with van der Waals surface area (Å²) < 4.78 is 0. The lowest BCUT2D eigenvalue weighted by atomic mass is 10.1. The number of hydrogen-bond donors (Lipinski definition) is 2. The lowest BCUT2D eigenvalue weighted by Gasteiger charge is -2.17. The third-order valence-electron chi connectivity index (χ3n) is 3.82. The van der Waals surface area contributed by atoms with E-state index >= 15 is 0 Å². The van der Waals surface area contributed by atoms with Gasteiger partial charge in [0.1, 0.15) is 0 Å². The van der Waals surface area contributed by atoms with E-state index in [1.54, 1.807) is 0 Å². The average molecular weight is 244 g/mol. The minimum absolute atomic E-state index is 0.0625. The molecule has 1 amide bonds. The van der Waals surface area contributed by atoms with Crippen LogP contribution in [0.3, 0.4) is 0 Å². The van der Waals surface area contributed by atoms with Crippen LogP contribution in [0.2, 0.25) is 0 Å². The zero-order valence-electron chi connectivity index (χ0n) is 10.6. The molecule has 0 radical (unpaired) electrons. The Morgan fingerprint density at radius 3 is 2.28 bits per heavy atom. The van der Waals surface area contributed by atoms with Crippen LogP contribution >= 0.6 is 0 Å². The molecule has 2 aliphatic carbocycles. The van der Waals surface area contributed by atoms with Gasteiger partial charge in [-0.3, -0.25) is 4.79 Å². The number of rotatable bonds is 6. The van der Waals surface area contributed by atoms with E-state index in [1.807, 2.05) is 30.3 Å². The van der Waals surface area contributed by atoms with Crippen LogP contribution in [0.4, 0.5) is 5.69 Å². The van der Waals surface area contributed by atoms with Gasteiger partial charge in [-0.1, -0.05) is 18.2 Å². The van der Waals surface area contributed by atoms with Crippen LogP contribution in [0.1, 0.15) is 25.7 Å². The van der Waals surface area contributed by atoms with Crippen LogP contribution in [0.25, 0.3) is 0 Å². The number of amides is 1. The highest BCUT2D eigenvalue weighted by molar-refractivity contribution is 5.92. The summed E-state index contributed by atoms with van der Waals surface area (Å²) in [5.74, 6) is 1.73. The number of carbonyl (C=O) groups excluding carboxylic acids is 1. The quantitative estimate of drug-likeness (QED) is 0.807. The summed E-state index contributed by atoms with van der Waals surface area (Å²) in [6, 6.07) is 10.2. The van der Waals surface area contributed by atoms with Crippen LogP contribution in [-0.2, 0) is 4.79 Å². The summed E-state index contributed by atoms with van der Waals surface area (Å²) in [6.45, 7) is 0.437. The first-order valence-electron chi connectivity index (χ1n) is 6.91. The SMILES string of the molecule is O=C(CNC(C1CC1)C1CC1)Nc1ccccc1. The van der Waals surface area contributed by atoms with Crippen molar-refractivity contribution in [2.75, 3.05) is 11.9 Å². The minimum Gasteiger partial charge on any atom is -0.325 e. The van der Waals surface area contributed by atoms with Gasteiger partial charge in [0.25, 0.3) is 0 Å². The van der Waals surface area contributed by atoms with Gasteiger partial charge < -0.3 is 10.6 Å². The summed E-state index contributed by atoms with van der Waals surface area (Å²) in [6.07, 6.45) is 5.37. The van der Waals surface area contributed by atoms with Gasteiger partial charge in [-0.2, -0.15) is 0 Å². The molecule has 0 spiro atoms. The topological polar surface area (TPSA) is 41.1 Å². The zero-order chi connectivity index (χ0) is 12.4. The maximum absolute atomic E-state index is 11.8. The van der Waals surface area contributed by atoms with Gasteiger partial charge in [0, 0.05) is 11.7 Å². The second-order valence-corrected chi connectivity index (χ2v) is 5.50. The third kappa shape index (κ3) is 3.10. The first-order valence-corrected chi connectivity index (χ1v) is 6.91. The first kappa shape index (κ1) is 11.7. The Kier molecular flexibility index (Phi) is 3.33. The van der Waals surface area contributed by atoms with Crippen molar-refractivity contribution in [3.05, 3.63) is 30.3 Å². The van der Waals surface area contributed by atoms with Crippen LogP contribution in [0, 0.1) is 11.8 Å². The molecule has 1 aromatic rings. The van der Waals surface area contributed by atoms with Gasteiger partial charge >= 0.3 is 0 Å². The van der Waals surface area contributed by atoms with Crippen LogP contribution in [0.15, 0.2) is 30.3 Å². The Morgan fingerprint density at radius 1 is 1.11 bits per heavy atom. The smallest absolute Gasteiger partial charge is 0.238 e. The summed E-state index contributed by atoms with van der Waals surface area (Å²) >= 11 is 0. The van der Waals surface area contributed by atoms with E-state index in [1.165, 1.54) is 25.7 Å². The fourth-order valence-corrected chi connectivity index (χ4v) is 2.57. The van der Waals surface area contributed by atoms with Crippen molar-refractivity contribution in [3.8, 4) is 0 Å². The van der Waals surface area contributed by atoms with E-state index in [0.717, 1.165) is 17.5 Å². The van der Waals surface area contributed by atoms with Crippen molar-refractivity contribution in [3.63, 3.8) is 0 Å². The molecular weight excluding hydrogens is 224 g/mol. The molecule has 0 heterocycles. The Bertz CT molecular complexity index is 398. The second kappa shape index (κ2) is 5.11. The van der Waals surface area contributed by atoms with Gasteiger partial charge in [0.05, 0.1) is 6.54 Å². The maximum atomic E-state index is 11.8. The van der Waals surface area contributed by atoms with Crippen molar-refractivity contribution < 1.29 is 4.79 Å². The maximum Gasteiger partial charge on any atom is 0.238 e. The van der Waals surface area contributed by atoms with Crippen LogP contribution in [0.5, 0.6) is 0 Å². The van der Waals surface area contributed by atoms with Crippen molar-refractivity contribution in [1.82, 2.24) is 5.32 Å². The monoisotopic (exact) mass is 244 g/mol. The standard InChI is InChI=1S/C15H20N2O/c18-14(17-13-4-2-1-3-5-13)10-16-15(11-6-7-11)12-8-9-12/h1-5,11-12,15-16H,6-10H2,(H,17,18). The molecular formula is C15H20N2O. The number of anilines is 1. The van der Waals surface area contributed by atoms with Crippen molar-refractivity contribution in [2.45, 2.75) is 31.7 Å². The van der Waals surface area contributed by atoms with Crippen molar-refractivity contribution >= 4 is 11.6 Å². The molecule has 2 aliphatic rings. The van der Waals surface area contributed by atoms with Gasteiger partial charge in [0.2, 0.25) is 5.91 Å². The molecule has 96 valence electrons. The predicted octanol–water partition coefficient (Wildman–Crippen LogP) is 2.40. The number of hydrogen-bond acceptors (Lipinski definition) is 2. The first-order chi connectivity index (χ1) is 8.83. The van der Waals surface area contributed by atoms with Gasteiger partial charge in [-0.05, 0) is 49.7 Å². The fourth-order valence-electron chi connectivity index (χ4n) is 2.57. The van der Waals surface area contributed by atoms with Gasteiger partial charge in [0.15, 0.2) is 0 Å². The lowest BCUT2D eigenvalue weighted by Crippen LogP contribution is -2.38. The zero-order valence-corrected chi connectivity index (χ0v) is 10.6. The van der Waals surface area contributed by atoms with E-state index < -0.39 is 0 Å². The molecule has 0 aromatic heterocycles. The van der Waals surface area contributed by atoms with E-state index in [9.17, 15) is 4.79 Å². The molecule has 2 fully saturated rings. The Labute approximate surface area is 108 Å². The highest BCUT2D eigenvalue weighted by atomic mass is 16.1. The molecule has 0 unspecified atom stereocenters. The second-order valence-electron chi connectivity index (χ2n) is 5.50. The Morgan fingerprint density at radius 2 is 1.72 bits per heavy atom. The number of carbonyl (C=O) groups is 1. The van der Waals surface area contributed by atoms with Crippen LogP contribution < -0.4 is 10.6 Å². The van der Waals surface area contributed by atoms with E-state index in [2.05, 4.69) is 10.6 Å². The molecule has 18 heavy (non-hydrogen) atoms. The summed E-state index contributed by atoms with van der Waals surface area (Å²) in [4.78, 5) is 11.8. The third-order valence-corrected chi connectivity index (χ3v) is 3.82. The minimum atomic E-state index is 0.0625. The van der Waals surface area contributed by atoms with Crippen LogP contribution in [-0.4, -0.2) is 18.5 Å². The molecule has 0 aliphatic heterocycles. The highest BCUT2D eigenvalue weighted by Crippen LogP contribution is 2.44. The summed E-state index contributed by atoms with van der Waals surface area (Å²) in [7, 11) is 0. The number of benzene rings is 1. The molecule has 3 heteroatoms. The molecule has 1 aromatic carbocycles. The fraction of sp³-hybridized carbons (Fsp3) is 0.533. The average Bonchev–Trinajstić information content (AvgIpc) is 3.25. The van der Waals surface area contributed by atoms with Gasteiger partial charge in [-0.15, -0.1) is 0 Å². The molecule has 2 saturated carbocycles. The molecule has 3 nitrogen and oxygen atoms in total. The van der Waals surface area contributed by atoms with Crippen molar-refractivity contribution in [2.24, 2.45) is 11.8 Å². The molecule has 0 bridgehead atoms. The van der Waals surface area contributed by atoms with Gasteiger partial charge in [-0.25, -0.2) is 0 Å². The lowest BCUT2D eigenvalue weighted by molar-refractivity contribution is -0.115. The molecule has 3 rings (SSSR count). The summed E-state index contributed by atoms with van der Waals surface area (Å²) in [5.41, 5.74) is 0.874. The van der Waals surface area contributed by atoms with E-state index in [-0.39, 0.29) is 5.91 Å². The predicted molar refractivity (Wildman–Crippen MR) is 72.3 cm³/mol.